The van der Waals surface area contributed by atoms with E-state index in [9.17, 15) is 18.0 Å². The molecule has 42 heavy (non-hydrogen) atoms. The topological polar surface area (TPSA) is 106 Å². The number of methoxy groups -OCH3 is 1. The van der Waals surface area contributed by atoms with Gasteiger partial charge in [0.2, 0.25) is 0 Å². The Balaban J connectivity index is 0.000000517. The van der Waals surface area contributed by atoms with Gasteiger partial charge in [0, 0.05) is 37.7 Å². The number of hydrogen-bond acceptors (Lipinski definition) is 7. The highest BCUT2D eigenvalue weighted by atomic mass is 19.4. The number of pyridine rings is 2. The summed E-state index contributed by atoms with van der Waals surface area (Å²) in [6.45, 7) is 6.65. The van der Waals surface area contributed by atoms with E-state index in [4.69, 9.17) is 19.4 Å². The molecule has 2 aromatic heterocycles. The van der Waals surface area contributed by atoms with Crippen molar-refractivity contribution in [3.63, 3.8) is 0 Å². The average molecular weight is 591 g/mol. The summed E-state index contributed by atoms with van der Waals surface area (Å²) in [6.07, 6.45) is 5.13. The normalized spacial score (nSPS) is 17.0. The van der Waals surface area contributed by atoms with Crippen LogP contribution in [0.1, 0.15) is 25.7 Å². The van der Waals surface area contributed by atoms with Gasteiger partial charge in [-0.2, -0.15) is 13.2 Å². The number of nitrogens with one attached hydrogen (secondary N) is 1. The first kappa shape index (κ1) is 31.3. The van der Waals surface area contributed by atoms with E-state index in [2.05, 4.69) is 15.2 Å². The lowest BCUT2D eigenvalue weighted by molar-refractivity contribution is -0.192. The molecule has 2 aliphatic heterocycles. The summed E-state index contributed by atoms with van der Waals surface area (Å²) in [6, 6.07) is 7.91. The molecule has 3 aromatic rings. The lowest BCUT2D eigenvalue weighted by Crippen LogP contribution is -2.41. The minimum absolute atomic E-state index is 0.0504. The van der Waals surface area contributed by atoms with Gasteiger partial charge in [0.05, 0.1) is 19.1 Å². The molecule has 2 saturated heterocycles. The van der Waals surface area contributed by atoms with Crippen LogP contribution >= 0.6 is 0 Å². The van der Waals surface area contributed by atoms with Crippen molar-refractivity contribution >= 4 is 16.7 Å². The van der Waals surface area contributed by atoms with E-state index in [0.717, 1.165) is 28.2 Å². The Bertz CT molecular complexity index is 1410. The predicted octanol–water partition coefficient (Wildman–Crippen LogP) is 4.33. The summed E-state index contributed by atoms with van der Waals surface area (Å²) >= 11 is 0. The molecule has 2 aliphatic rings. The van der Waals surface area contributed by atoms with Gasteiger partial charge < -0.3 is 29.4 Å². The van der Waals surface area contributed by atoms with Crippen molar-refractivity contribution in [1.82, 2.24) is 19.8 Å². The number of nitrogens with zero attached hydrogens (tertiary/aromatic N) is 3. The zero-order valence-corrected chi connectivity index (χ0v) is 23.8. The van der Waals surface area contributed by atoms with Crippen LogP contribution in [0, 0.1) is 11.8 Å². The van der Waals surface area contributed by atoms with Crippen molar-refractivity contribution in [1.29, 1.82) is 0 Å². The SMILES string of the molecule is COc1cc(-c2cn(C)c(=O)c3cnccc23)ccc1OCC1CCN(CC2CCNCC2)CC1.O=C(O)C(F)(F)F. The van der Waals surface area contributed by atoms with Crippen molar-refractivity contribution in [2.45, 2.75) is 31.9 Å². The monoisotopic (exact) mass is 590 g/mol. The second-order valence-electron chi connectivity index (χ2n) is 10.8. The average Bonchev–Trinajstić information content (AvgIpc) is 2.99. The number of carboxylic acids is 1. The summed E-state index contributed by atoms with van der Waals surface area (Å²) in [5.74, 6) is 0.148. The minimum atomic E-state index is -5.08. The van der Waals surface area contributed by atoms with Crippen molar-refractivity contribution in [2.24, 2.45) is 18.9 Å². The largest absolute Gasteiger partial charge is 0.493 e. The van der Waals surface area contributed by atoms with E-state index in [0.29, 0.717) is 23.7 Å². The van der Waals surface area contributed by atoms with E-state index < -0.39 is 12.1 Å². The van der Waals surface area contributed by atoms with Gasteiger partial charge >= 0.3 is 12.1 Å². The van der Waals surface area contributed by atoms with Crippen LogP contribution < -0.4 is 20.3 Å². The zero-order chi connectivity index (χ0) is 30.3. The van der Waals surface area contributed by atoms with Crippen LogP contribution in [-0.4, -0.2) is 78.1 Å². The van der Waals surface area contributed by atoms with Crippen LogP contribution in [0.25, 0.3) is 21.9 Å². The molecule has 0 spiro atoms. The van der Waals surface area contributed by atoms with Crippen LogP contribution in [0.2, 0.25) is 0 Å². The number of aliphatic carboxylic acids is 1. The molecular weight excluding hydrogens is 553 g/mol. The molecule has 0 saturated carbocycles. The standard InChI is InChI=1S/C28H36N4O3.C2HF3O2/c1-31-18-25(23-7-12-30-16-24(23)28(31)33)22-3-4-26(27(15-22)34-2)35-19-21-8-13-32(14-9-21)17-20-5-10-29-11-6-20;3-2(4,5)1(6)7/h3-4,7,12,15-16,18,20-21,29H,5-6,8-11,13-14,17,19H2,1-2H3;(H,6,7). The highest BCUT2D eigenvalue weighted by Crippen LogP contribution is 2.35. The Morgan fingerprint density at radius 1 is 1.07 bits per heavy atom. The third-order valence-corrected chi connectivity index (χ3v) is 7.86. The van der Waals surface area contributed by atoms with Crippen molar-refractivity contribution < 1.29 is 32.5 Å². The van der Waals surface area contributed by atoms with Gasteiger partial charge in [0.25, 0.3) is 5.56 Å². The molecule has 0 amide bonds. The minimum Gasteiger partial charge on any atom is -0.493 e. The van der Waals surface area contributed by atoms with Gasteiger partial charge in [-0.15, -0.1) is 0 Å². The van der Waals surface area contributed by atoms with Gasteiger partial charge in [-0.3, -0.25) is 9.78 Å². The van der Waals surface area contributed by atoms with E-state index in [1.165, 1.54) is 58.4 Å². The molecule has 12 heteroatoms. The van der Waals surface area contributed by atoms with Crippen LogP contribution in [0.5, 0.6) is 11.5 Å². The first-order chi connectivity index (χ1) is 20.1. The number of piperidine rings is 2. The quantitative estimate of drug-likeness (QED) is 0.419. The zero-order valence-electron chi connectivity index (χ0n) is 23.8. The summed E-state index contributed by atoms with van der Waals surface area (Å²) in [5.41, 5.74) is 1.90. The molecule has 2 fully saturated rings. The van der Waals surface area contributed by atoms with Crippen molar-refractivity contribution in [3.05, 3.63) is 53.2 Å². The number of benzene rings is 1. The van der Waals surface area contributed by atoms with Crippen molar-refractivity contribution in [3.8, 4) is 22.6 Å². The number of ether oxygens (including phenoxy) is 2. The molecule has 0 unspecified atom stereocenters. The number of halogens is 3. The van der Waals surface area contributed by atoms with Gasteiger partial charge in [-0.05, 0) is 92.8 Å². The highest BCUT2D eigenvalue weighted by Gasteiger charge is 2.38. The number of fused-ring (bicyclic) bond motifs is 1. The summed E-state index contributed by atoms with van der Waals surface area (Å²) in [5, 5.41) is 12.1. The van der Waals surface area contributed by atoms with Crippen LogP contribution in [0.3, 0.4) is 0 Å². The number of aryl methyl sites for hydroxylation is 1. The Morgan fingerprint density at radius 2 is 1.76 bits per heavy atom. The third-order valence-electron chi connectivity index (χ3n) is 7.86. The smallest absolute Gasteiger partial charge is 0.490 e. The number of aromatic nitrogens is 2. The van der Waals surface area contributed by atoms with E-state index in [1.807, 2.05) is 30.5 Å². The predicted molar refractivity (Wildman–Crippen MR) is 153 cm³/mol. The molecule has 2 N–H and O–H groups in total. The molecule has 228 valence electrons. The van der Waals surface area contributed by atoms with E-state index in [-0.39, 0.29) is 5.56 Å². The molecule has 1 aromatic carbocycles. The van der Waals surface area contributed by atoms with Gasteiger partial charge in [-0.1, -0.05) is 6.07 Å². The third kappa shape index (κ3) is 8.01. The Kier molecular flexibility index (Phi) is 10.4. The summed E-state index contributed by atoms with van der Waals surface area (Å²) in [7, 11) is 3.44. The first-order valence-electron chi connectivity index (χ1n) is 14.0. The molecule has 0 aliphatic carbocycles. The lowest BCUT2D eigenvalue weighted by atomic mass is 9.94. The number of hydrogen-bond donors (Lipinski definition) is 2. The Hall–Kier alpha value is -3.64. The molecule has 0 bridgehead atoms. The van der Waals surface area contributed by atoms with Gasteiger partial charge in [-0.25, -0.2) is 4.79 Å². The first-order valence-corrected chi connectivity index (χ1v) is 14.0. The molecule has 5 rings (SSSR count). The molecule has 0 atom stereocenters. The van der Waals surface area contributed by atoms with Crippen molar-refractivity contribution in [2.75, 3.05) is 46.4 Å². The molecule has 9 nitrogen and oxygen atoms in total. The summed E-state index contributed by atoms with van der Waals surface area (Å²) in [4.78, 5) is 28.2. The Morgan fingerprint density at radius 3 is 2.40 bits per heavy atom. The maximum atomic E-state index is 12.5. The fraction of sp³-hybridized carbons (Fsp3) is 0.500. The number of carbonyl (C=O) groups is 1. The molecular formula is C30H37F3N4O5. The second-order valence-corrected chi connectivity index (χ2v) is 10.8. The van der Waals surface area contributed by atoms with Gasteiger partial charge in [0.15, 0.2) is 11.5 Å². The number of likely N-dealkylation sites (tertiary alicyclic amines) is 1. The number of rotatable bonds is 7. The fourth-order valence-corrected chi connectivity index (χ4v) is 5.47. The van der Waals surface area contributed by atoms with Crippen LogP contribution in [0.4, 0.5) is 13.2 Å². The maximum Gasteiger partial charge on any atom is 0.490 e. The highest BCUT2D eigenvalue weighted by molar-refractivity contribution is 5.95. The number of carboxylic acid groups (broad SMARTS) is 1. The van der Waals surface area contributed by atoms with Crippen LogP contribution in [-0.2, 0) is 11.8 Å². The fourth-order valence-electron chi connectivity index (χ4n) is 5.47. The molecule has 0 radical (unpaired) electrons. The number of alkyl halides is 3. The van der Waals surface area contributed by atoms with Crippen LogP contribution in [0.15, 0.2) is 47.7 Å². The second kappa shape index (κ2) is 14.0. The van der Waals surface area contributed by atoms with E-state index in [1.54, 1.807) is 31.1 Å². The maximum absolute atomic E-state index is 12.5. The summed E-state index contributed by atoms with van der Waals surface area (Å²) < 4.78 is 45.3. The van der Waals surface area contributed by atoms with Gasteiger partial charge in [0.1, 0.15) is 0 Å². The Labute approximate surface area is 242 Å². The molecule has 4 heterocycles. The van der Waals surface area contributed by atoms with E-state index >= 15 is 0 Å². The lowest BCUT2D eigenvalue weighted by Gasteiger charge is -2.35.